The van der Waals surface area contributed by atoms with Crippen molar-refractivity contribution in [2.45, 2.75) is 39.7 Å². The van der Waals surface area contributed by atoms with E-state index in [4.69, 9.17) is 0 Å². The Balaban J connectivity index is 2.90. The van der Waals surface area contributed by atoms with E-state index in [1.165, 1.54) is 0 Å². The molecule has 0 fully saturated rings. The Labute approximate surface area is 101 Å². The summed E-state index contributed by atoms with van der Waals surface area (Å²) in [7, 11) is 2.12. The number of pyridine rings is 1. The maximum absolute atomic E-state index is 4.57. The third-order valence-corrected chi connectivity index (χ3v) is 3.70. The second-order valence-electron chi connectivity index (χ2n) is 3.82. The molecule has 0 radical (unpaired) electrons. The van der Waals surface area contributed by atoms with E-state index in [0.717, 1.165) is 28.8 Å². The van der Waals surface area contributed by atoms with Crippen molar-refractivity contribution in [3.63, 3.8) is 0 Å². The summed E-state index contributed by atoms with van der Waals surface area (Å²) in [4.78, 5) is 6.83. The number of nitrogens with zero attached hydrogens (tertiary/aromatic N) is 2. The number of aryl methyl sites for hydroxylation is 1. The van der Waals surface area contributed by atoms with Gasteiger partial charge in [0.1, 0.15) is 5.82 Å². The van der Waals surface area contributed by atoms with E-state index in [1.807, 2.05) is 6.92 Å². The second kappa shape index (κ2) is 5.50. The molecular weight excluding hydrogens is 252 g/mol. The first kappa shape index (κ1) is 12.5. The maximum Gasteiger partial charge on any atom is 0.128 e. The topological polar surface area (TPSA) is 16.1 Å². The minimum absolute atomic E-state index is 0.582. The van der Waals surface area contributed by atoms with Crippen molar-refractivity contribution in [1.29, 1.82) is 0 Å². The zero-order chi connectivity index (χ0) is 11.4. The van der Waals surface area contributed by atoms with Crippen LogP contribution in [0, 0.1) is 6.92 Å². The summed E-state index contributed by atoms with van der Waals surface area (Å²) in [5.74, 6) is 1.06. The lowest BCUT2D eigenvalue weighted by molar-refractivity contribution is 0.586. The van der Waals surface area contributed by atoms with Crippen LogP contribution < -0.4 is 4.90 Å². The van der Waals surface area contributed by atoms with Crippen LogP contribution in [0.2, 0.25) is 0 Å². The fourth-order valence-electron chi connectivity index (χ4n) is 1.75. The van der Waals surface area contributed by atoms with Crippen molar-refractivity contribution in [3.05, 3.63) is 22.3 Å². The molecule has 1 heterocycles. The van der Waals surface area contributed by atoms with Crippen molar-refractivity contribution in [1.82, 2.24) is 4.98 Å². The first-order valence-corrected chi connectivity index (χ1v) is 6.25. The van der Waals surface area contributed by atoms with Gasteiger partial charge in [-0.05, 0) is 47.8 Å². The van der Waals surface area contributed by atoms with Crippen LogP contribution in [0.3, 0.4) is 0 Å². The van der Waals surface area contributed by atoms with Gasteiger partial charge in [0.2, 0.25) is 0 Å². The zero-order valence-electron chi connectivity index (χ0n) is 9.92. The number of rotatable bonds is 4. The highest BCUT2D eigenvalue weighted by molar-refractivity contribution is 9.10. The van der Waals surface area contributed by atoms with Gasteiger partial charge in [-0.15, -0.1) is 0 Å². The van der Waals surface area contributed by atoms with E-state index in [-0.39, 0.29) is 0 Å². The van der Waals surface area contributed by atoms with Crippen LogP contribution in [0.4, 0.5) is 5.82 Å². The van der Waals surface area contributed by atoms with Crippen molar-refractivity contribution in [2.75, 3.05) is 11.9 Å². The standard InChI is InChI=1S/C12H19BrN2/c1-5-10(6-2)15(4)12-8-7-11(13)9(3)14-12/h7-8,10H,5-6H2,1-4H3. The molecule has 0 aliphatic heterocycles. The Morgan fingerprint density at radius 1 is 1.33 bits per heavy atom. The molecule has 0 amide bonds. The highest BCUT2D eigenvalue weighted by Gasteiger charge is 2.12. The Hall–Kier alpha value is -0.570. The summed E-state index contributed by atoms with van der Waals surface area (Å²) < 4.78 is 1.07. The van der Waals surface area contributed by atoms with Crippen LogP contribution in [0.1, 0.15) is 32.4 Å². The Morgan fingerprint density at radius 3 is 2.40 bits per heavy atom. The van der Waals surface area contributed by atoms with Gasteiger partial charge < -0.3 is 4.90 Å². The third kappa shape index (κ3) is 2.94. The van der Waals surface area contributed by atoms with Crippen LogP contribution in [0.15, 0.2) is 16.6 Å². The summed E-state index contributed by atoms with van der Waals surface area (Å²) >= 11 is 3.47. The van der Waals surface area contributed by atoms with Crippen LogP contribution in [0.25, 0.3) is 0 Å². The summed E-state index contributed by atoms with van der Waals surface area (Å²) in [6.45, 7) is 6.46. The van der Waals surface area contributed by atoms with E-state index < -0.39 is 0 Å². The summed E-state index contributed by atoms with van der Waals surface area (Å²) in [5.41, 5.74) is 1.05. The average molecular weight is 271 g/mol. The quantitative estimate of drug-likeness (QED) is 0.828. The van der Waals surface area contributed by atoms with Gasteiger partial charge in [-0.3, -0.25) is 0 Å². The number of halogens is 1. The van der Waals surface area contributed by atoms with Gasteiger partial charge in [0, 0.05) is 17.6 Å². The van der Waals surface area contributed by atoms with Gasteiger partial charge in [-0.25, -0.2) is 4.98 Å². The summed E-state index contributed by atoms with van der Waals surface area (Å²) in [6, 6.07) is 4.71. The maximum atomic E-state index is 4.57. The monoisotopic (exact) mass is 270 g/mol. The van der Waals surface area contributed by atoms with Gasteiger partial charge >= 0.3 is 0 Å². The smallest absolute Gasteiger partial charge is 0.128 e. The van der Waals surface area contributed by atoms with Crippen molar-refractivity contribution < 1.29 is 0 Å². The van der Waals surface area contributed by atoms with E-state index in [2.05, 4.69) is 58.8 Å². The lowest BCUT2D eigenvalue weighted by Crippen LogP contribution is -2.31. The van der Waals surface area contributed by atoms with E-state index in [1.54, 1.807) is 0 Å². The van der Waals surface area contributed by atoms with Gasteiger partial charge in [-0.2, -0.15) is 0 Å². The van der Waals surface area contributed by atoms with Gasteiger partial charge in [0.05, 0.1) is 5.69 Å². The minimum Gasteiger partial charge on any atom is -0.357 e. The molecular formula is C12H19BrN2. The molecule has 0 bridgehead atoms. The molecule has 3 heteroatoms. The van der Waals surface area contributed by atoms with Crippen molar-refractivity contribution in [3.8, 4) is 0 Å². The molecule has 0 atom stereocenters. The predicted molar refractivity (Wildman–Crippen MR) is 69.4 cm³/mol. The molecule has 15 heavy (non-hydrogen) atoms. The van der Waals surface area contributed by atoms with E-state index >= 15 is 0 Å². The Kier molecular flexibility index (Phi) is 4.58. The highest BCUT2D eigenvalue weighted by atomic mass is 79.9. The normalized spacial score (nSPS) is 10.8. The highest BCUT2D eigenvalue weighted by Crippen LogP contribution is 2.21. The third-order valence-electron chi connectivity index (χ3n) is 2.86. The lowest BCUT2D eigenvalue weighted by Gasteiger charge is -2.27. The SMILES string of the molecule is CCC(CC)N(C)c1ccc(Br)c(C)n1. The van der Waals surface area contributed by atoms with E-state index in [0.29, 0.717) is 6.04 Å². The molecule has 0 saturated carbocycles. The molecule has 0 aliphatic carbocycles. The molecule has 1 rings (SSSR count). The minimum atomic E-state index is 0.582. The fourth-order valence-corrected chi connectivity index (χ4v) is 1.97. The number of aromatic nitrogens is 1. The molecule has 0 aromatic carbocycles. The largest absolute Gasteiger partial charge is 0.357 e. The molecule has 0 spiro atoms. The predicted octanol–water partition coefficient (Wildman–Crippen LogP) is 3.78. The molecule has 0 N–H and O–H groups in total. The molecule has 0 unspecified atom stereocenters. The van der Waals surface area contributed by atoms with Gasteiger partial charge in [0.25, 0.3) is 0 Å². The first-order chi connectivity index (χ1) is 7.10. The lowest BCUT2D eigenvalue weighted by atomic mass is 10.1. The number of anilines is 1. The second-order valence-corrected chi connectivity index (χ2v) is 4.67. The number of hydrogen-bond donors (Lipinski definition) is 0. The summed E-state index contributed by atoms with van der Waals surface area (Å²) in [5, 5.41) is 0. The van der Waals surface area contributed by atoms with Gasteiger partial charge in [-0.1, -0.05) is 13.8 Å². The molecule has 0 saturated heterocycles. The van der Waals surface area contributed by atoms with Crippen LogP contribution >= 0.6 is 15.9 Å². The molecule has 0 aliphatic rings. The Bertz CT molecular complexity index is 321. The molecule has 2 nitrogen and oxygen atoms in total. The van der Waals surface area contributed by atoms with Crippen molar-refractivity contribution >= 4 is 21.7 Å². The molecule has 84 valence electrons. The van der Waals surface area contributed by atoms with Crippen LogP contribution in [-0.4, -0.2) is 18.1 Å². The van der Waals surface area contributed by atoms with Crippen molar-refractivity contribution in [2.24, 2.45) is 0 Å². The zero-order valence-corrected chi connectivity index (χ0v) is 11.5. The Morgan fingerprint density at radius 2 is 1.93 bits per heavy atom. The fraction of sp³-hybridized carbons (Fsp3) is 0.583. The van der Waals surface area contributed by atoms with Crippen LogP contribution in [0.5, 0.6) is 0 Å². The molecule has 1 aromatic rings. The summed E-state index contributed by atoms with van der Waals surface area (Å²) in [6.07, 6.45) is 2.31. The van der Waals surface area contributed by atoms with Gasteiger partial charge in [0.15, 0.2) is 0 Å². The molecule has 1 aromatic heterocycles. The van der Waals surface area contributed by atoms with E-state index in [9.17, 15) is 0 Å². The average Bonchev–Trinajstić information content (AvgIpc) is 2.23. The first-order valence-electron chi connectivity index (χ1n) is 5.46. The van der Waals surface area contributed by atoms with Crippen LogP contribution in [-0.2, 0) is 0 Å². The number of hydrogen-bond acceptors (Lipinski definition) is 2.